The summed E-state index contributed by atoms with van der Waals surface area (Å²) in [5, 5.41) is 8.44. The summed E-state index contributed by atoms with van der Waals surface area (Å²) in [6, 6.07) is 8.04. The second kappa shape index (κ2) is 7.30. The summed E-state index contributed by atoms with van der Waals surface area (Å²) in [5.41, 5.74) is 7.02. The highest BCUT2D eigenvalue weighted by Gasteiger charge is 2.35. The molecule has 2 heterocycles. The second-order valence-corrected chi connectivity index (χ2v) is 5.97. The van der Waals surface area contributed by atoms with Gasteiger partial charge in [-0.25, -0.2) is 4.39 Å². The van der Waals surface area contributed by atoms with Gasteiger partial charge in [0, 0.05) is 18.8 Å². The van der Waals surface area contributed by atoms with Crippen LogP contribution in [-0.4, -0.2) is 28.6 Å². The number of hydrazone groups is 1. The number of rotatable bonds is 5. The van der Waals surface area contributed by atoms with E-state index >= 15 is 0 Å². The molecule has 26 heavy (non-hydrogen) atoms. The molecule has 134 valence electrons. The molecule has 1 aromatic carbocycles. The molecule has 0 saturated carbocycles. The number of nitrogens with one attached hydrogen (secondary N) is 1. The molecule has 1 aromatic heterocycles. The highest BCUT2D eigenvalue weighted by atomic mass is 19.1. The Bertz CT molecular complexity index is 838. The van der Waals surface area contributed by atoms with Gasteiger partial charge in [-0.3, -0.25) is 19.6 Å². The van der Waals surface area contributed by atoms with Crippen LogP contribution in [0.3, 0.4) is 0 Å². The fraction of sp³-hybridized carbons (Fsp3) is 0.222. The van der Waals surface area contributed by atoms with Crippen molar-refractivity contribution in [2.45, 2.75) is 25.4 Å². The first kappa shape index (κ1) is 17.5. The van der Waals surface area contributed by atoms with Crippen molar-refractivity contribution in [1.82, 2.24) is 10.3 Å². The van der Waals surface area contributed by atoms with Gasteiger partial charge in [0.25, 0.3) is 5.91 Å². The molecule has 0 aliphatic carbocycles. The number of primary amides is 1. The lowest BCUT2D eigenvalue weighted by Gasteiger charge is -2.20. The zero-order chi connectivity index (χ0) is 18.7. The van der Waals surface area contributed by atoms with Crippen LogP contribution >= 0.6 is 0 Å². The molecule has 3 N–H and O–H groups in total. The fourth-order valence-corrected chi connectivity index (χ4v) is 2.72. The number of nitrogens with zero attached hydrogens (tertiary/aromatic N) is 3. The van der Waals surface area contributed by atoms with Crippen LogP contribution in [0.15, 0.2) is 53.9 Å². The van der Waals surface area contributed by atoms with Gasteiger partial charge in [0.15, 0.2) is 0 Å². The van der Waals surface area contributed by atoms with Gasteiger partial charge in [0.2, 0.25) is 5.91 Å². The van der Waals surface area contributed by atoms with Gasteiger partial charge in [-0.2, -0.15) is 5.10 Å². The van der Waals surface area contributed by atoms with E-state index < -0.39 is 17.8 Å². The summed E-state index contributed by atoms with van der Waals surface area (Å²) in [7, 11) is 0. The number of anilines is 1. The summed E-state index contributed by atoms with van der Waals surface area (Å²) >= 11 is 0. The van der Waals surface area contributed by atoms with Crippen molar-refractivity contribution in [2.75, 3.05) is 5.01 Å². The van der Waals surface area contributed by atoms with E-state index in [-0.39, 0.29) is 24.1 Å². The van der Waals surface area contributed by atoms with Crippen LogP contribution in [0.1, 0.15) is 24.9 Å². The van der Waals surface area contributed by atoms with E-state index in [0.717, 1.165) is 5.56 Å². The maximum absolute atomic E-state index is 13.1. The molecule has 0 saturated heterocycles. The van der Waals surface area contributed by atoms with E-state index in [4.69, 9.17) is 5.73 Å². The monoisotopic (exact) mass is 355 g/mol. The molecule has 8 heteroatoms. The first-order valence-corrected chi connectivity index (χ1v) is 8.08. The maximum atomic E-state index is 13.1. The van der Waals surface area contributed by atoms with E-state index in [2.05, 4.69) is 15.4 Å². The summed E-state index contributed by atoms with van der Waals surface area (Å²) in [6.07, 6.45) is 3.37. The molecule has 2 aromatic rings. The lowest BCUT2D eigenvalue weighted by Crippen LogP contribution is -2.40. The van der Waals surface area contributed by atoms with E-state index in [1.807, 2.05) is 6.92 Å². The van der Waals surface area contributed by atoms with Crippen LogP contribution in [0.2, 0.25) is 0 Å². The Hall–Kier alpha value is -3.29. The van der Waals surface area contributed by atoms with Crippen LogP contribution < -0.4 is 16.1 Å². The van der Waals surface area contributed by atoms with Gasteiger partial charge in [-0.1, -0.05) is 0 Å². The number of nitrogens with two attached hydrogens (primary N) is 1. The minimum Gasteiger partial charge on any atom is -0.368 e. The van der Waals surface area contributed by atoms with Crippen LogP contribution in [0, 0.1) is 5.82 Å². The Balaban J connectivity index is 1.78. The lowest BCUT2D eigenvalue weighted by molar-refractivity contribution is -0.119. The van der Waals surface area contributed by atoms with E-state index in [1.165, 1.54) is 29.3 Å². The summed E-state index contributed by atoms with van der Waals surface area (Å²) in [5.74, 6) is -1.40. The van der Waals surface area contributed by atoms with Crippen molar-refractivity contribution in [3.05, 3.63) is 60.2 Å². The van der Waals surface area contributed by atoms with Gasteiger partial charge in [0.1, 0.15) is 17.6 Å². The summed E-state index contributed by atoms with van der Waals surface area (Å²) in [6.45, 7) is 1.84. The van der Waals surface area contributed by atoms with Gasteiger partial charge < -0.3 is 11.1 Å². The topological polar surface area (TPSA) is 101 Å². The predicted molar refractivity (Wildman–Crippen MR) is 94.7 cm³/mol. The van der Waals surface area contributed by atoms with E-state index in [1.54, 1.807) is 24.5 Å². The number of hydrogen-bond acceptors (Lipinski definition) is 5. The standard InChI is InChI=1S/C18H18FN5O2/c1-11(12-6-8-21-9-7-12)22-18(26)15-10-16(17(20)25)24(23-15)14-4-2-13(19)3-5-14/h2-9,11,16H,10H2,1H3,(H2,20,25)(H,22,26). The van der Waals surface area contributed by atoms with Crippen molar-refractivity contribution in [2.24, 2.45) is 10.8 Å². The molecule has 1 aliphatic rings. The number of carbonyl (C=O) groups is 2. The van der Waals surface area contributed by atoms with Gasteiger partial charge in [-0.15, -0.1) is 0 Å². The Labute approximate surface area is 149 Å². The Morgan fingerprint density at radius 1 is 1.23 bits per heavy atom. The van der Waals surface area contributed by atoms with Crippen molar-refractivity contribution in [3.63, 3.8) is 0 Å². The number of benzene rings is 1. The number of halogens is 1. The number of hydrogen-bond donors (Lipinski definition) is 2. The molecular formula is C18H18FN5O2. The van der Waals surface area contributed by atoms with Crippen molar-refractivity contribution >= 4 is 23.2 Å². The maximum Gasteiger partial charge on any atom is 0.268 e. The third-order valence-electron chi connectivity index (χ3n) is 4.15. The fourth-order valence-electron chi connectivity index (χ4n) is 2.72. The average Bonchev–Trinajstić information content (AvgIpc) is 3.09. The second-order valence-electron chi connectivity index (χ2n) is 5.97. The molecule has 3 rings (SSSR count). The predicted octanol–water partition coefficient (Wildman–Crippen LogP) is 1.52. The Morgan fingerprint density at radius 3 is 2.50 bits per heavy atom. The first-order valence-electron chi connectivity index (χ1n) is 8.08. The largest absolute Gasteiger partial charge is 0.368 e. The van der Waals surface area contributed by atoms with Crippen molar-refractivity contribution in [1.29, 1.82) is 0 Å². The van der Waals surface area contributed by atoms with Crippen LogP contribution in [0.5, 0.6) is 0 Å². The molecular weight excluding hydrogens is 337 g/mol. The van der Waals surface area contributed by atoms with Crippen LogP contribution in [-0.2, 0) is 9.59 Å². The molecule has 2 atom stereocenters. The number of aromatic nitrogens is 1. The van der Waals surface area contributed by atoms with E-state index in [0.29, 0.717) is 5.69 Å². The van der Waals surface area contributed by atoms with Crippen LogP contribution in [0.4, 0.5) is 10.1 Å². The van der Waals surface area contributed by atoms with Crippen molar-refractivity contribution < 1.29 is 14.0 Å². The lowest BCUT2D eigenvalue weighted by atomic mass is 10.1. The number of amides is 2. The molecule has 0 bridgehead atoms. The minimum atomic E-state index is -0.794. The minimum absolute atomic E-state index is 0.0849. The molecule has 0 fully saturated rings. The van der Waals surface area contributed by atoms with Gasteiger partial charge >= 0.3 is 0 Å². The Morgan fingerprint density at radius 2 is 1.88 bits per heavy atom. The number of carbonyl (C=O) groups excluding carboxylic acids is 2. The van der Waals surface area contributed by atoms with Crippen LogP contribution in [0.25, 0.3) is 0 Å². The molecule has 0 radical (unpaired) electrons. The zero-order valence-corrected chi connectivity index (χ0v) is 14.1. The SMILES string of the molecule is CC(NC(=O)C1=NN(c2ccc(F)cc2)C(C(N)=O)C1)c1ccncc1. The highest BCUT2D eigenvalue weighted by Crippen LogP contribution is 2.25. The molecule has 2 amide bonds. The zero-order valence-electron chi connectivity index (χ0n) is 14.1. The molecule has 7 nitrogen and oxygen atoms in total. The molecule has 2 unspecified atom stereocenters. The van der Waals surface area contributed by atoms with Gasteiger partial charge in [-0.05, 0) is 48.9 Å². The summed E-state index contributed by atoms with van der Waals surface area (Å²) < 4.78 is 13.1. The Kier molecular flexibility index (Phi) is 4.92. The highest BCUT2D eigenvalue weighted by molar-refractivity contribution is 6.40. The smallest absolute Gasteiger partial charge is 0.268 e. The number of pyridine rings is 1. The first-order chi connectivity index (χ1) is 12.5. The normalized spacial score (nSPS) is 17.5. The third-order valence-corrected chi connectivity index (χ3v) is 4.15. The quantitative estimate of drug-likeness (QED) is 0.849. The average molecular weight is 355 g/mol. The van der Waals surface area contributed by atoms with Gasteiger partial charge in [0.05, 0.1) is 11.7 Å². The third kappa shape index (κ3) is 3.69. The van der Waals surface area contributed by atoms with E-state index in [9.17, 15) is 14.0 Å². The summed E-state index contributed by atoms with van der Waals surface area (Å²) in [4.78, 5) is 28.2. The van der Waals surface area contributed by atoms with Crippen molar-refractivity contribution in [3.8, 4) is 0 Å². The molecule has 0 spiro atoms. The molecule has 1 aliphatic heterocycles.